The summed E-state index contributed by atoms with van der Waals surface area (Å²) in [6.45, 7) is 4.84. The first-order valence-corrected chi connectivity index (χ1v) is 5.38. The quantitative estimate of drug-likeness (QED) is 0.671. The number of hydrogen-bond acceptors (Lipinski definition) is 2. The van der Waals surface area contributed by atoms with E-state index in [0.717, 1.165) is 19.4 Å². The molecule has 0 N–H and O–H groups in total. The van der Waals surface area contributed by atoms with Gasteiger partial charge in [0.05, 0.1) is 6.10 Å². The Kier molecular flexibility index (Phi) is 4.43. The van der Waals surface area contributed by atoms with E-state index in [9.17, 15) is 4.79 Å². The Balaban J connectivity index is 2.25. The van der Waals surface area contributed by atoms with Gasteiger partial charge in [-0.2, -0.15) is 0 Å². The summed E-state index contributed by atoms with van der Waals surface area (Å²) in [5.41, 5.74) is 0. The molecule has 2 atom stereocenters. The van der Waals surface area contributed by atoms with Crippen molar-refractivity contribution in [3.8, 4) is 0 Å². The van der Waals surface area contributed by atoms with Crippen LogP contribution in [0.25, 0.3) is 0 Å². The largest absolute Gasteiger partial charge is 0.378 e. The van der Waals surface area contributed by atoms with Crippen LogP contribution in [0.1, 0.15) is 46.0 Å². The molecule has 2 heteroatoms. The molecule has 0 aromatic rings. The van der Waals surface area contributed by atoms with E-state index in [4.69, 9.17) is 4.74 Å². The molecule has 13 heavy (non-hydrogen) atoms. The van der Waals surface area contributed by atoms with Crippen LogP contribution >= 0.6 is 0 Å². The van der Waals surface area contributed by atoms with Gasteiger partial charge in [0.2, 0.25) is 0 Å². The highest BCUT2D eigenvalue weighted by atomic mass is 16.5. The predicted octanol–water partition coefficient (Wildman–Crippen LogP) is 2.56. The van der Waals surface area contributed by atoms with Crippen LogP contribution in [-0.4, -0.2) is 18.5 Å². The summed E-state index contributed by atoms with van der Waals surface area (Å²) >= 11 is 0. The summed E-state index contributed by atoms with van der Waals surface area (Å²) < 4.78 is 5.59. The van der Waals surface area contributed by atoms with Gasteiger partial charge >= 0.3 is 0 Å². The molecule has 1 heterocycles. The fourth-order valence-corrected chi connectivity index (χ4v) is 1.87. The molecule has 2 nitrogen and oxygen atoms in total. The van der Waals surface area contributed by atoms with E-state index in [1.807, 2.05) is 13.8 Å². The number of carbonyl (C=O) groups is 1. The molecule has 1 aliphatic rings. The lowest BCUT2D eigenvalue weighted by Crippen LogP contribution is -2.24. The smallest absolute Gasteiger partial charge is 0.135 e. The van der Waals surface area contributed by atoms with Crippen molar-refractivity contribution in [2.45, 2.75) is 52.1 Å². The van der Waals surface area contributed by atoms with Crippen molar-refractivity contribution in [2.75, 3.05) is 6.61 Å². The monoisotopic (exact) mass is 184 g/mol. The molecule has 0 aromatic heterocycles. The molecule has 1 fully saturated rings. The summed E-state index contributed by atoms with van der Waals surface area (Å²) in [7, 11) is 0. The molecule has 1 saturated heterocycles. The van der Waals surface area contributed by atoms with Gasteiger partial charge in [0, 0.05) is 18.9 Å². The first-order chi connectivity index (χ1) is 6.24. The van der Waals surface area contributed by atoms with Gasteiger partial charge < -0.3 is 4.74 Å². The average molecular weight is 184 g/mol. The van der Waals surface area contributed by atoms with Gasteiger partial charge in [-0.15, -0.1) is 0 Å². The van der Waals surface area contributed by atoms with Crippen LogP contribution < -0.4 is 0 Å². The zero-order chi connectivity index (χ0) is 9.68. The van der Waals surface area contributed by atoms with Crippen molar-refractivity contribution >= 4 is 5.78 Å². The molecule has 0 bridgehead atoms. The summed E-state index contributed by atoms with van der Waals surface area (Å²) in [4.78, 5) is 11.3. The van der Waals surface area contributed by atoms with E-state index < -0.39 is 0 Å². The third kappa shape index (κ3) is 3.47. The lowest BCUT2D eigenvalue weighted by Gasteiger charge is -2.24. The SMILES string of the molecule is CCC(=O)C(C)CC1CCCCO1. The first kappa shape index (κ1) is 10.7. The molecule has 1 rings (SSSR count). The Hall–Kier alpha value is -0.370. The summed E-state index contributed by atoms with van der Waals surface area (Å²) in [5.74, 6) is 0.558. The minimum Gasteiger partial charge on any atom is -0.378 e. The molecule has 0 aliphatic carbocycles. The average Bonchev–Trinajstić information content (AvgIpc) is 2.18. The highest BCUT2D eigenvalue weighted by molar-refractivity contribution is 5.80. The maximum atomic E-state index is 11.3. The Labute approximate surface area is 80.7 Å². The molecule has 1 aliphatic heterocycles. The zero-order valence-electron chi connectivity index (χ0n) is 8.71. The first-order valence-electron chi connectivity index (χ1n) is 5.38. The summed E-state index contributed by atoms with van der Waals surface area (Å²) in [5, 5.41) is 0. The van der Waals surface area contributed by atoms with Crippen LogP contribution in [0.4, 0.5) is 0 Å². The maximum absolute atomic E-state index is 11.3. The van der Waals surface area contributed by atoms with Gasteiger partial charge in [-0.25, -0.2) is 0 Å². The number of ketones is 1. The van der Waals surface area contributed by atoms with E-state index in [1.165, 1.54) is 12.8 Å². The molecule has 2 unspecified atom stereocenters. The molecular weight excluding hydrogens is 164 g/mol. The lowest BCUT2D eigenvalue weighted by atomic mass is 9.94. The second-order valence-electron chi connectivity index (χ2n) is 3.95. The number of ether oxygens (including phenoxy) is 1. The van der Waals surface area contributed by atoms with Crippen molar-refractivity contribution < 1.29 is 9.53 Å². The minimum absolute atomic E-state index is 0.188. The lowest BCUT2D eigenvalue weighted by molar-refractivity contribution is -0.123. The fourth-order valence-electron chi connectivity index (χ4n) is 1.87. The van der Waals surface area contributed by atoms with Crippen LogP contribution in [-0.2, 0) is 9.53 Å². The number of hydrogen-bond donors (Lipinski definition) is 0. The molecule has 0 aromatic carbocycles. The van der Waals surface area contributed by atoms with Crippen molar-refractivity contribution in [1.29, 1.82) is 0 Å². The Morgan fingerprint density at radius 1 is 1.54 bits per heavy atom. The highest BCUT2D eigenvalue weighted by Crippen LogP contribution is 2.20. The Morgan fingerprint density at radius 2 is 2.31 bits per heavy atom. The molecule has 76 valence electrons. The Bertz CT molecular complexity index is 159. The third-order valence-corrected chi connectivity index (χ3v) is 2.79. The molecular formula is C11H20O2. The van der Waals surface area contributed by atoms with E-state index >= 15 is 0 Å². The molecule has 0 saturated carbocycles. The summed E-state index contributed by atoms with van der Waals surface area (Å²) in [6.07, 6.45) is 5.52. The van der Waals surface area contributed by atoms with Gasteiger partial charge in [0.25, 0.3) is 0 Å². The second-order valence-corrected chi connectivity index (χ2v) is 3.95. The molecule has 0 radical (unpaired) electrons. The van der Waals surface area contributed by atoms with Gasteiger partial charge in [-0.1, -0.05) is 13.8 Å². The standard InChI is InChI=1S/C11H20O2/c1-3-11(12)9(2)8-10-6-4-5-7-13-10/h9-10H,3-8H2,1-2H3. The zero-order valence-corrected chi connectivity index (χ0v) is 8.71. The summed E-state index contributed by atoms with van der Waals surface area (Å²) in [6, 6.07) is 0. The predicted molar refractivity (Wildman–Crippen MR) is 52.7 cm³/mol. The molecule has 0 spiro atoms. The highest BCUT2D eigenvalue weighted by Gasteiger charge is 2.19. The topological polar surface area (TPSA) is 26.3 Å². The maximum Gasteiger partial charge on any atom is 0.135 e. The van der Waals surface area contributed by atoms with Crippen LogP contribution in [0.15, 0.2) is 0 Å². The normalized spacial score (nSPS) is 25.5. The van der Waals surface area contributed by atoms with Crippen LogP contribution in [0, 0.1) is 5.92 Å². The van der Waals surface area contributed by atoms with Gasteiger partial charge in [0.1, 0.15) is 5.78 Å². The Morgan fingerprint density at radius 3 is 2.85 bits per heavy atom. The van der Waals surface area contributed by atoms with E-state index in [2.05, 4.69) is 0 Å². The molecule has 0 amide bonds. The third-order valence-electron chi connectivity index (χ3n) is 2.79. The number of carbonyl (C=O) groups excluding carboxylic acids is 1. The van der Waals surface area contributed by atoms with Gasteiger partial charge in [-0.3, -0.25) is 4.79 Å². The second kappa shape index (κ2) is 5.38. The van der Waals surface area contributed by atoms with Crippen molar-refractivity contribution in [1.82, 2.24) is 0 Å². The van der Waals surface area contributed by atoms with Gasteiger partial charge in [-0.05, 0) is 25.7 Å². The van der Waals surface area contributed by atoms with Crippen LogP contribution in [0.3, 0.4) is 0 Å². The van der Waals surface area contributed by atoms with E-state index in [1.54, 1.807) is 0 Å². The minimum atomic E-state index is 0.188. The van der Waals surface area contributed by atoms with Crippen molar-refractivity contribution in [3.63, 3.8) is 0 Å². The van der Waals surface area contributed by atoms with Crippen molar-refractivity contribution in [2.24, 2.45) is 5.92 Å². The number of Topliss-reactive ketones (excluding diaryl/α,β-unsaturated/α-hetero) is 1. The van der Waals surface area contributed by atoms with Gasteiger partial charge in [0.15, 0.2) is 0 Å². The van der Waals surface area contributed by atoms with Crippen LogP contribution in [0.5, 0.6) is 0 Å². The van der Waals surface area contributed by atoms with E-state index in [0.29, 0.717) is 18.3 Å². The van der Waals surface area contributed by atoms with Crippen molar-refractivity contribution in [3.05, 3.63) is 0 Å². The fraction of sp³-hybridized carbons (Fsp3) is 0.909. The van der Waals surface area contributed by atoms with E-state index in [-0.39, 0.29) is 5.92 Å². The number of rotatable bonds is 4. The van der Waals surface area contributed by atoms with Crippen LogP contribution in [0.2, 0.25) is 0 Å².